The molecule has 0 saturated heterocycles. The summed E-state index contributed by atoms with van der Waals surface area (Å²) in [7, 11) is 1.93. The van der Waals surface area contributed by atoms with Crippen molar-refractivity contribution in [2.24, 2.45) is 0 Å². The van der Waals surface area contributed by atoms with Gasteiger partial charge in [0.05, 0.1) is 11.9 Å². The normalized spacial score (nSPS) is 10.5. The maximum absolute atomic E-state index is 4.06. The van der Waals surface area contributed by atoms with Gasteiger partial charge in [0.1, 0.15) is 0 Å². The molecule has 0 radical (unpaired) electrons. The minimum Gasteiger partial charge on any atom is -0.316 e. The molecule has 0 fully saturated rings. The minimum atomic E-state index is 0.821. The Bertz CT molecular complexity index is 433. The highest BCUT2D eigenvalue weighted by atomic mass is 79.9. The van der Waals surface area contributed by atoms with Crippen molar-refractivity contribution in [2.45, 2.75) is 6.54 Å². The quantitative estimate of drug-likeness (QED) is 0.896. The fourth-order valence-corrected chi connectivity index (χ4v) is 1.77. The Labute approximate surface area is 97.0 Å². The van der Waals surface area contributed by atoms with E-state index in [0.29, 0.717) is 0 Å². The van der Waals surface area contributed by atoms with E-state index in [1.807, 2.05) is 25.4 Å². The number of hydrogen-bond acceptors (Lipinski definition) is 2. The van der Waals surface area contributed by atoms with Crippen molar-refractivity contribution in [3.63, 3.8) is 0 Å². The zero-order chi connectivity index (χ0) is 10.7. The lowest BCUT2D eigenvalue weighted by Gasteiger charge is -2.02. The van der Waals surface area contributed by atoms with Crippen molar-refractivity contribution in [1.82, 2.24) is 15.5 Å². The molecule has 1 heterocycles. The standard InChI is InChI=1S/C11H12BrN3/c1-13-6-9-7-14-15-11(9)8-2-4-10(12)5-3-8/h2-5,7,13H,6H2,1H3,(H,14,15). The molecule has 0 aliphatic heterocycles. The summed E-state index contributed by atoms with van der Waals surface area (Å²) in [4.78, 5) is 0. The predicted octanol–water partition coefficient (Wildman–Crippen LogP) is 2.56. The third-order valence-corrected chi connectivity index (χ3v) is 2.75. The Morgan fingerprint density at radius 3 is 2.73 bits per heavy atom. The van der Waals surface area contributed by atoms with E-state index in [2.05, 4.69) is 43.6 Å². The molecule has 0 aliphatic rings. The highest BCUT2D eigenvalue weighted by Crippen LogP contribution is 2.22. The van der Waals surface area contributed by atoms with Crippen molar-refractivity contribution in [2.75, 3.05) is 7.05 Å². The van der Waals surface area contributed by atoms with Crippen molar-refractivity contribution in [1.29, 1.82) is 0 Å². The summed E-state index contributed by atoms with van der Waals surface area (Å²) in [6.07, 6.45) is 1.86. The van der Waals surface area contributed by atoms with E-state index >= 15 is 0 Å². The molecule has 1 aromatic carbocycles. The first-order chi connectivity index (χ1) is 7.31. The van der Waals surface area contributed by atoms with Gasteiger partial charge in [-0.2, -0.15) is 5.10 Å². The monoisotopic (exact) mass is 265 g/mol. The molecule has 0 spiro atoms. The Morgan fingerprint density at radius 2 is 2.07 bits per heavy atom. The molecule has 0 unspecified atom stereocenters. The van der Waals surface area contributed by atoms with E-state index in [9.17, 15) is 0 Å². The molecular formula is C11H12BrN3. The molecule has 78 valence electrons. The first kappa shape index (κ1) is 10.4. The molecular weight excluding hydrogens is 254 g/mol. The van der Waals surface area contributed by atoms with Gasteiger partial charge in [-0.1, -0.05) is 28.1 Å². The fraction of sp³-hybridized carbons (Fsp3) is 0.182. The van der Waals surface area contributed by atoms with Crippen LogP contribution in [0.5, 0.6) is 0 Å². The van der Waals surface area contributed by atoms with Crippen LogP contribution < -0.4 is 5.32 Å². The van der Waals surface area contributed by atoms with Crippen LogP contribution in [0, 0.1) is 0 Å². The van der Waals surface area contributed by atoms with E-state index in [-0.39, 0.29) is 0 Å². The Kier molecular flexibility index (Phi) is 3.18. The summed E-state index contributed by atoms with van der Waals surface area (Å²) in [5.41, 5.74) is 3.41. The second-order valence-corrected chi connectivity index (χ2v) is 4.22. The van der Waals surface area contributed by atoms with Crippen molar-refractivity contribution >= 4 is 15.9 Å². The van der Waals surface area contributed by atoms with Crippen LogP contribution in [0.3, 0.4) is 0 Å². The van der Waals surface area contributed by atoms with Crippen molar-refractivity contribution in [3.05, 3.63) is 40.5 Å². The summed E-state index contributed by atoms with van der Waals surface area (Å²) in [5.74, 6) is 0. The van der Waals surface area contributed by atoms with Crippen LogP contribution in [-0.4, -0.2) is 17.2 Å². The van der Waals surface area contributed by atoms with Crippen LogP contribution >= 0.6 is 15.9 Å². The maximum Gasteiger partial charge on any atom is 0.0695 e. The van der Waals surface area contributed by atoms with Gasteiger partial charge in [0.15, 0.2) is 0 Å². The van der Waals surface area contributed by atoms with Gasteiger partial charge in [-0.25, -0.2) is 0 Å². The number of nitrogens with one attached hydrogen (secondary N) is 2. The molecule has 0 saturated carbocycles. The number of nitrogens with zero attached hydrogens (tertiary/aromatic N) is 1. The average Bonchev–Trinajstić information content (AvgIpc) is 2.68. The Morgan fingerprint density at radius 1 is 1.33 bits per heavy atom. The number of rotatable bonds is 3. The largest absolute Gasteiger partial charge is 0.316 e. The third-order valence-electron chi connectivity index (χ3n) is 2.22. The molecule has 4 heteroatoms. The minimum absolute atomic E-state index is 0.821. The summed E-state index contributed by atoms with van der Waals surface area (Å²) in [5, 5.41) is 10.2. The maximum atomic E-state index is 4.06. The molecule has 0 atom stereocenters. The first-order valence-corrected chi connectivity index (χ1v) is 5.53. The first-order valence-electron chi connectivity index (χ1n) is 4.74. The van der Waals surface area contributed by atoms with Crippen LogP contribution in [0.4, 0.5) is 0 Å². The number of aromatic nitrogens is 2. The molecule has 1 aromatic heterocycles. The second-order valence-electron chi connectivity index (χ2n) is 3.31. The van der Waals surface area contributed by atoms with Gasteiger partial charge in [0, 0.05) is 16.6 Å². The van der Waals surface area contributed by atoms with E-state index in [1.165, 1.54) is 5.56 Å². The summed E-state index contributed by atoms with van der Waals surface area (Å²) in [6, 6.07) is 8.19. The Balaban J connectivity index is 2.36. The molecule has 2 aromatic rings. The number of halogens is 1. The lowest BCUT2D eigenvalue weighted by Crippen LogP contribution is -2.05. The predicted molar refractivity (Wildman–Crippen MR) is 64.5 cm³/mol. The van der Waals surface area contributed by atoms with Crippen molar-refractivity contribution < 1.29 is 0 Å². The molecule has 2 N–H and O–H groups in total. The molecule has 3 nitrogen and oxygen atoms in total. The van der Waals surface area contributed by atoms with Gasteiger partial charge >= 0.3 is 0 Å². The number of benzene rings is 1. The van der Waals surface area contributed by atoms with Gasteiger partial charge < -0.3 is 5.32 Å². The lowest BCUT2D eigenvalue weighted by atomic mass is 10.1. The molecule has 0 amide bonds. The molecule has 0 bridgehead atoms. The summed E-state index contributed by atoms with van der Waals surface area (Å²) < 4.78 is 1.08. The summed E-state index contributed by atoms with van der Waals surface area (Å²) >= 11 is 3.42. The van der Waals surface area contributed by atoms with Crippen molar-refractivity contribution in [3.8, 4) is 11.3 Å². The Hall–Kier alpha value is -1.13. The van der Waals surface area contributed by atoms with Crippen LogP contribution in [0.15, 0.2) is 34.9 Å². The number of hydrogen-bond donors (Lipinski definition) is 2. The second kappa shape index (κ2) is 4.59. The highest BCUT2D eigenvalue weighted by molar-refractivity contribution is 9.10. The zero-order valence-corrected chi connectivity index (χ0v) is 10.0. The third kappa shape index (κ3) is 2.27. The smallest absolute Gasteiger partial charge is 0.0695 e. The molecule has 0 aliphatic carbocycles. The van der Waals surface area contributed by atoms with Gasteiger partial charge in [-0.15, -0.1) is 0 Å². The van der Waals surface area contributed by atoms with Crippen LogP contribution in [-0.2, 0) is 6.54 Å². The van der Waals surface area contributed by atoms with Crippen LogP contribution in [0.25, 0.3) is 11.3 Å². The SMILES string of the molecule is CNCc1cn[nH]c1-c1ccc(Br)cc1. The molecule has 15 heavy (non-hydrogen) atoms. The van der Waals surface area contributed by atoms with Gasteiger partial charge in [0.2, 0.25) is 0 Å². The van der Waals surface area contributed by atoms with Gasteiger partial charge in [-0.05, 0) is 24.7 Å². The number of H-pyrrole nitrogens is 1. The van der Waals surface area contributed by atoms with Crippen LogP contribution in [0.1, 0.15) is 5.56 Å². The number of aromatic amines is 1. The van der Waals surface area contributed by atoms with E-state index < -0.39 is 0 Å². The average molecular weight is 266 g/mol. The zero-order valence-electron chi connectivity index (χ0n) is 8.42. The van der Waals surface area contributed by atoms with Gasteiger partial charge in [0.25, 0.3) is 0 Å². The fourth-order valence-electron chi connectivity index (χ4n) is 1.50. The summed E-state index contributed by atoms with van der Waals surface area (Å²) in [6.45, 7) is 0.821. The topological polar surface area (TPSA) is 40.7 Å². The van der Waals surface area contributed by atoms with Crippen LogP contribution in [0.2, 0.25) is 0 Å². The van der Waals surface area contributed by atoms with E-state index in [0.717, 1.165) is 22.3 Å². The van der Waals surface area contributed by atoms with E-state index in [1.54, 1.807) is 0 Å². The lowest BCUT2D eigenvalue weighted by molar-refractivity contribution is 0.820. The van der Waals surface area contributed by atoms with Gasteiger partial charge in [-0.3, -0.25) is 5.10 Å². The highest BCUT2D eigenvalue weighted by Gasteiger charge is 2.06. The molecule has 2 rings (SSSR count). The van der Waals surface area contributed by atoms with E-state index in [4.69, 9.17) is 0 Å².